The Morgan fingerprint density at radius 3 is 2.63 bits per heavy atom. The van der Waals surface area contributed by atoms with Crippen LogP contribution in [0.5, 0.6) is 0 Å². The van der Waals surface area contributed by atoms with E-state index in [-0.39, 0.29) is 11.3 Å². The van der Waals surface area contributed by atoms with Crippen molar-refractivity contribution in [1.29, 1.82) is 0 Å². The van der Waals surface area contributed by atoms with Crippen molar-refractivity contribution in [3.8, 4) is 0 Å². The summed E-state index contributed by atoms with van der Waals surface area (Å²) in [5.41, 5.74) is 1.21. The minimum absolute atomic E-state index is 0.0542. The molecule has 0 unspecified atom stereocenters. The Morgan fingerprint density at radius 1 is 1.22 bits per heavy atom. The van der Waals surface area contributed by atoms with E-state index >= 15 is 0 Å². The predicted octanol–water partition coefficient (Wildman–Crippen LogP) is 2.46. The Labute approximate surface area is 161 Å². The normalized spacial score (nSPS) is 21.4. The minimum Gasteiger partial charge on any atom is -0.478 e. The first-order chi connectivity index (χ1) is 12.9. The quantitative estimate of drug-likeness (QED) is 0.737. The van der Waals surface area contributed by atoms with Gasteiger partial charge in [-0.2, -0.15) is 0 Å². The predicted molar refractivity (Wildman–Crippen MR) is 107 cm³/mol. The van der Waals surface area contributed by atoms with E-state index in [0.717, 1.165) is 31.7 Å². The fraction of sp³-hybridized carbons (Fsp3) is 0.632. The molecule has 3 rings (SSSR count). The zero-order chi connectivity index (χ0) is 19.4. The van der Waals surface area contributed by atoms with E-state index in [2.05, 4.69) is 14.5 Å². The molecule has 0 spiro atoms. The first-order valence-electron chi connectivity index (χ1n) is 9.73. The number of carbonyl (C=O) groups is 1. The highest BCUT2D eigenvalue weighted by Gasteiger charge is 2.26. The molecule has 2 aliphatic rings. The van der Waals surface area contributed by atoms with Crippen LogP contribution in [0.25, 0.3) is 0 Å². The fourth-order valence-electron chi connectivity index (χ4n) is 4.03. The monoisotopic (exact) mass is 395 g/mol. The van der Waals surface area contributed by atoms with Crippen LogP contribution in [0.3, 0.4) is 0 Å². The number of sulfonamides is 1. The van der Waals surface area contributed by atoms with Crippen LogP contribution in [0.15, 0.2) is 18.2 Å². The lowest BCUT2D eigenvalue weighted by Crippen LogP contribution is -2.40. The molecule has 1 atom stereocenters. The van der Waals surface area contributed by atoms with Gasteiger partial charge in [0, 0.05) is 19.6 Å². The summed E-state index contributed by atoms with van der Waals surface area (Å²) in [6, 6.07) is 4.70. The molecule has 0 radical (unpaired) electrons. The van der Waals surface area contributed by atoms with Gasteiger partial charge in [0.15, 0.2) is 0 Å². The molecule has 8 heteroatoms. The minimum atomic E-state index is -3.49. The first kappa shape index (κ1) is 19.9. The molecule has 0 amide bonds. The number of carboxylic acid groups (broad SMARTS) is 1. The summed E-state index contributed by atoms with van der Waals surface area (Å²) in [6.07, 6.45) is 4.78. The second-order valence-electron chi connectivity index (χ2n) is 7.50. The molecule has 2 N–H and O–H groups in total. The van der Waals surface area contributed by atoms with Gasteiger partial charge in [-0.15, -0.1) is 0 Å². The molecule has 2 saturated heterocycles. The van der Waals surface area contributed by atoms with Crippen LogP contribution < -0.4 is 9.62 Å². The van der Waals surface area contributed by atoms with Crippen LogP contribution in [-0.2, 0) is 10.0 Å². The second kappa shape index (κ2) is 8.48. The summed E-state index contributed by atoms with van der Waals surface area (Å²) < 4.78 is 26.8. The van der Waals surface area contributed by atoms with Crippen LogP contribution in [0.4, 0.5) is 11.4 Å². The number of benzene rings is 1. The lowest BCUT2D eigenvalue weighted by atomic mass is 9.96. The number of anilines is 2. The molecule has 1 aromatic carbocycles. The van der Waals surface area contributed by atoms with Gasteiger partial charge in [0.25, 0.3) is 0 Å². The van der Waals surface area contributed by atoms with Gasteiger partial charge < -0.3 is 14.9 Å². The Morgan fingerprint density at radius 2 is 1.96 bits per heavy atom. The number of aromatic carboxylic acids is 1. The van der Waals surface area contributed by atoms with Crippen molar-refractivity contribution in [2.24, 2.45) is 5.92 Å². The number of hydrogen-bond donors (Lipinski definition) is 2. The van der Waals surface area contributed by atoms with Gasteiger partial charge in [-0.3, -0.25) is 4.72 Å². The average Bonchev–Trinajstić information content (AvgIpc) is 3.14. The van der Waals surface area contributed by atoms with Crippen molar-refractivity contribution in [3.05, 3.63) is 23.8 Å². The van der Waals surface area contributed by atoms with Crippen molar-refractivity contribution in [1.82, 2.24) is 4.90 Å². The molecule has 0 aliphatic carbocycles. The Bertz CT molecular complexity index is 775. The zero-order valence-electron chi connectivity index (χ0n) is 15.9. The Hall–Kier alpha value is -1.80. The third-order valence-corrected chi connectivity index (χ3v) is 6.75. The lowest BCUT2D eigenvalue weighted by Gasteiger charge is -2.37. The highest BCUT2D eigenvalue weighted by atomic mass is 32.2. The van der Waals surface area contributed by atoms with E-state index in [1.165, 1.54) is 38.4 Å². The highest BCUT2D eigenvalue weighted by Crippen LogP contribution is 2.32. The van der Waals surface area contributed by atoms with E-state index in [9.17, 15) is 18.3 Å². The highest BCUT2D eigenvalue weighted by molar-refractivity contribution is 7.92. The van der Waals surface area contributed by atoms with Crippen molar-refractivity contribution in [2.45, 2.75) is 32.6 Å². The van der Waals surface area contributed by atoms with Crippen molar-refractivity contribution in [2.75, 3.05) is 48.1 Å². The van der Waals surface area contributed by atoms with Crippen molar-refractivity contribution in [3.63, 3.8) is 0 Å². The van der Waals surface area contributed by atoms with E-state index in [4.69, 9.17) is 0 Å². The molecule has 2 heterocycles. The molecule has 0 bridgehead atoms. The maximum absolute atomic E-state index is 12.1. The van der Waals surface area contributed by atoms with E-state index < -0.39 is 16.0 Å². The Balaban J connectivity index is 1.81. The lowest BCUT2D eigenvalue weighted by molar-refractivity contribution is 0.0697. The summed E-state index contributed by atoms with van der Waals surface area (Å²) in [7, 11) is -3.49. The number of likely N-dealkylation sites (tertiary alicyclic amines) is 1. The van der Waals surface area contributed by atoms with Gasteiger partial charge in [0.2, 0.25) is 10.0 Å². The third-order valence-electron chi connectivity index (χ3n) is 5.46. The molecule has 0 saturated carbocycles. The van der Waals surface area contributed by atoms with Crippen molar-refractivity contribution < 1.29 is 18.3 Å². The summed E-state index contributed by atoms with van der Waals surface area (Å²) >= 11 is 0. The third kappa shape index (κ3) is 5.13. The van der Waals surface area contributed by atoms with E-state index in [0.29, 0.717) is 11.6 Å². The summed E-state index contributed by atoms with van der Waals surface area (Å²) in [5, 5.41) is 9.27. The number of hydrogen-bond acceptors (Lipinski definition) is 5. The molecule has 150 valence electrons. The maximum atomic E-state index is 12.1. The van der Waals surface area contributed by atoms with Crippen LogP contribution in [0, 0.1) is 5.92 Å². The zero-order valence-corrected chi connectivity index (χ0v) is 16.7. The number of carboxylic acids is 1. The molecule has 2 aliphatic heterocycles. The molecular weight excluding hydrogens is 366 g/mol. The van der Waals surface area contributed by atoms with Gasteiger partial charge >= 0.3 is 5.97 Å². The van der Waals surface area contributed by atoms with Gasteiger partial charge in [0.1, 0.15) is 0 Å². The van der Waals surface area contributed by atoms with E-state index in [1.54, 1.807) is 19.1 Å². The molecule has 27 heavy (non-hydrogen) atoms. The average molecular weight is 396 g/mol. The van der Waals surface area contributed by atoms with Gasteiger partial charge in [-0.05, 0) is 69.8 Å². The first-order valence-corrected chi connectivity index (χ1v) is 11.4. The molecule has 1 aromatic rings. The second-order valence-corrected chi connectivity index (χ2v) is 9.52. The standard InChI is InChI=1S/C19H29N3O4S/c1-2-27(25,26)20-17-12-16(19(23)24)7-8-18(17)22-11-5-6-15(14-22)13-21-9-3-4-10-21/h7-8,12,15,20H,2-6,9-11,13-14H2,1H3,(H,23,24)/t15-/m1/s1. The summed E-state index contributed by atoms with van der Waals surface area (Å²) in [6.45, 7) is 6.71. The van der Waals surface area contributed by atoms with Gasteiger partial charge in [0.05, 0.1) is 22.7 Å². The molecule has 0 aromatic heterocycles. The van der Waals surface area contributed by atoms with Crippen LogP contribution in [-0.4, -0.2) is 62.9 Å². The summed E-state index contributed by atoms with van der Waals surface area (Å²) in [5.74, 6) is -0.572. The largest absolute Gasteiger partial charge is 0.478 e. The smallest absolute Gasteiger partial charge is 0.335 e. The van der Waals surface area contributed by atoms with Crippen LogP contribution in [0.1, 0.15) is 43.0 Å². The SMILES string of the molecule is CCS(=O)(=O)Nc1cc(C(=O)O)ccc1N1CCC[C@H](CN2CCCC2)C1. The Kier molecular flexibility index (Phi) is 6.26. The molecular formula is C19H29N3O4S. The van der Waals surface area contributed by atoms with Crippen LogP contribution >= 0.6 is 0 Å². The summed E-state index contributed by atoms with van der Waals surface area (Å²) in [4.78, 5) is 16.0. The molecule has 2 fully saturated rings. The number of nitrogens with zero attached hydrogens (tertiary/aromatic N) is 2. The van der Waals surface area contributed by atoms with Crippen molar-refractivity contribution >= 4 is 27.4 Å². The molecule has 7 nitrogen and oxygen atoms in total. The maximum Gasteiger partial charge on any atom is 0.335 e. The topological polar surface area (TPSA) is 89.9 Å². The van der Waals surface area contributed by atoms with Gasteiger partial charge in [-0.1, -0.05) is 0 Å². The fourth-order valence-corrected chi connectivity index (χ4v) is 4.67. The number of piperidine rings is 1. The van der Waals surface area contributed by atoms with Crippen LogP contribution in [0.2, 0.25) is 0 Å². The van der Waals surface area contributed by atoms with E-state index in [1.807, 2.05) is 0 Å². The number of rotatable bonds is 7. The van der Waals surface area contributed by atoms with Gasteiger partial charge in [-0.25, -0.2) is 13.2 Å². The number of nitrogens with one attached hydrogen (secondary N) is 1.